The predicted molar refractivity (Wildman–Crippen MR) is 82.8 cm³/mol. The third-order valence-corrected chi connectivity index (χ3v) is 2.89. The second kappa shape index (κ2) is 6.04. The average molecular weight is 287 g/mol. The van der Waals surface area contributed by atoms with Gasteiger partial charge < -0.3 is 26.3 Å². The molecule has 0 aromatic heterocycles. The van der Waals surface area contributed by atoms with Crippen LogP contribution in [0.3, 0.4) is 0 Å². The van der Waals surface area contributed by atoms with Crippen molar-refractivity contribution in [2.75, 3.05) is 31.0 Å². The Morgan fingerprint density at radius 3 is 2.24 bits per heavy atom. The van der Waals surface area contributed by atoms with Crippen LogP contribution < -0.4 is 26.3 Å². The Morgan fingerprint density at radius 2 is 1.67 bits per heavy atom. The molecule has 0 bridgehead atoms. The van der Waals surface area contributed by atoms with E-state index in [4.69, 9.17) is 20.9 Å². The molecule has 1 amide bonds. The summed E-state index contributed by atoms with van der Waals surface area (Å²) >= 11 is 0. The maximum Gasteiger partial charge on any atom is 0.255 e. The molecule has 0 saturated carbocycles. The van der Waals surface area contributed by atoms with Crippen molar-refractivity contribution in [3.63, 3.8) is 0 Å². The van der Waals surface area contributed by atoms with Gasteiger partial charge in [0.2, 0.25) is 0 Å². The molecule has 5 N–H and O–H groups in total. The van der Waals surface area contributed by atoms with E-state index in [1.165, 1.54) is 7.11 Å². The molecule has 6 nitrogen and oxygen atoms in total. The number of nitrogen functional groups attached to an aromatic ring is 2. The van der Waals surface area contributed by atoms with E-state index in [2.05, 4.69) is 5.32 Å². The fourth-order valence-corrected chi connectivity index (χ4v) is 1.91. The lowest BCUT2D eigenvalue weighted by atomic mass is 10.1. The molecule has 2 rings (SSSR count). The Morgan fingerprint density at radius 1 is 1.00 bits per heavy atom. The maximum absolute atomic E-state index is 12.3. The molecule has 2 aromatic carbocycles. The van der Waals surface area contributed by atoms with Gasteiger partial charge in [-0.25, -0.2) is 0 Å². The van der Waals surface area contributed by atoms with Gasteiger partial charge in [0, 0.05) is 23.0 Å². The molecule has 0 unspecified atom stereocenters. The third-order valence-electron chi connectivity index (χ3n) is 2.89. The summed E-state index contributed by atoms with van der Waals surface area (Å²) in [5.74, 6) is 0.805. The van der Waals surface area contributed by atoms with Crippen LogP contribution in [0.15, 0.2) is 36.4 Å². The second-order valence-electron chi connectivity index (χ2n) is 4.41. The fraction of sp³-hybridized carbons (Fsp3) is 0.133. The minimum atomic E-state index is -0.333. The molecule has 0 aliphatic carbocycles. The van der Waals surface area contributed by atoms with Crippen molar-refractivity contribution in [1.29, 1.82) is 0 Å². The van der Waals surface area contributed by atoms with Crippen molar-refractivity contribution in [3.05, 3.63) is 42.0 Å². The van der Waals surface area contributed by atoms with E-state index < -0.39 is 0 Å². The molecule has 2 aromatic rings. The van der Waals surface area contributed by atoms with Crippen LogP contribution in [0.25, 0.3) is 0 Å². The van der Waals surface area contributed by atoms with Crippen molar-refractivity contribution in [3.8, 4) is 11.5 Å². The number of hydrogen-bond donors (Lipinski definition) is 3. The largest absolute Gasteiger partial charge is 0.497 e. The molecule has 6 heteroatoms. The van der Waals surface area contributed by atoms with Crippen LogP contribution in [0.5, 0.6) is 11.5 Å². The molecule has 0 spiro atoms. The van der Waals surface area contributed by atoms with Crippen LogP contribution >= 0.6 is 0 Å². The van der Waals surface area contributed by atoms with Crippen molar-refractivity contribution < 1.29 is 14.3 Å². The molecular formula is C15H17N3O3. The van der Waals surface area contributed by atoms with Gasteiger partial charge in [-0.2, -0.15) is 0 Å². The van der Waals surface area contributed by atoms with Gasteiger partial charge in [-0.1, -0.05) is 0 Å². The Bertz CT molecular complexity index is 651. The second-order valence-corrected chi connectivity index (χ2v) is 4.41. The first-order valence-electron chi connectivity index (χ1n) is 6.23. The summed E-state index contributed by atoms with van der Waals surface area (Å²) in [5.41, 5.74) is 13.1. The highest BCUT2D eigenvalue weighted by Crippen LogP contribution is 2.29. The third kappa shape index (κ3) is 3.36. The van der Waals surface area contributed by atoms with Crippen LogP contribution in [0.1, 0.15) is 10.4 Å². The summed E-state index contributed by atoms with van der Waals surface area (Å²) in [6.45, 7) is 0. The molecule has 110 valence electrons. The average Bonchev–Trinajstić information content (AvgIpc) is 2.46. The first-order valence-corrected chi connectivity index (χ1v) is 6.23. The smallest absolute Gasteiger partial charge is 0.255 e. The van der Waals surface area contributed by atoms with Gasteiger partial charge in [-0.15, -0.1) is 0 Å². The highest BCUT2D eigenvalue weighted by molar-refractivity contribution is 6.06. The van der Waals surface area contributed by atoms with E-state index in [0.717, 1.165) is 0 Å². The number of rotatable bonds is 4. The summed E-state index contributed by atoms with van der Waals surface area (Å²) in [6.07, 6.45) is 0. The molecule has 0 radical (unpaired) electrons. The fourth-order valence-electron chi connectivity index (χ4n) is 1.91. The molecule has 0 aliphatic rings. The lowest BCUT2D eigenvalue weighted by molar-refractivity contribution is 0.102. The number of nitrogens with two attached hydrogens (primary N) is 2. The molecule has 0 heterocycles. The number of methoxy groups -OCH3 is 2. The zero-order valence-corrected chi connectivity index (χ0v) is 11.8. The minimum absolute atomic E-state index is 0.333. The number of amides is 1. The maximum atomic E-state index is 12.3. The number of anilines is 3. The predicted octanol–water partition coefficient (Wildman–Crippen LogP) is 2.12. The molecule has 21 heavy (non-hydrogen) atoms. The Kier molecular flexibility index (Phi) is 4.18. The lowest BCUT2D eigenvalue weighted by Gasteiger charge is -2.12. The number of hydrogen-bond acceptors (Lipinski definition) is 5. The van der Waals surface area contributed by atoms with Gasteiger partial charge >= 0.3 is 0 Å². The van der Waals surface area contributed by atoms with E-state index in [-0.39, 0.29) is 5.91 Å². The number of ether oxygens (including phenoxy) is 2. The monoisotopic (exact) mass is 287 g/mol. The van der Waals surface area contributed by atoms with Gasteiger partial charge in [0.05, 0.1) is 19.9 Å². The molecule has 0 fully saturated rings. The first-order chi connectivity index (χ1) is 10.0. The van der Waals surface area contributed by atoms with Gasteiger partial charge in [-0.3, -0.25) is 4.79 Å². The normalized spacial score (nSPS) is 10.0. The molecule has 0 aliphatic heterocycles. The van der Waals surface area contributed by atoms with E-state index in [1.807, 2.05) is 0 Å². The lowest BCUT2D eigenvalue weighted by Crippen LogP contribution is -2.13. The summed E-state index contributed by atoms with van der Waals surface area (Å²) in [6, 6.07) is 9.82. The molecule has 0 saturated heterocycles. The van der Waals surface area contributed by atoms with E-state index in [1.54, 1.807) is 43.5 Å². The SMILES string of the molecule is COc1ccc(OC)c(NC(=O)c2cc(N)cc(N)c2)c1. The van der Waals surface area contributed by atoms with E-state index in [9.17, 15) is 4.79 Å². The van der Waals surface area contributed by atoms with Crippen LogP contribution in [-0.4, -0.2) is 20.1 Å². The number of nitrogens with one attached hydrogen (secondary N) is 1. The van der Waals surface area contributed by atoms with E-state index in [0.29, 0.717) is 34.1 Å². The van der Waals surface area contributed by atoms with Crippen molar-refractivity contribution >= 4 is 23.0 Å². The summed E-state index contributed by atoms with van der Waals surface area (Å²) in [5, 5.41) is 2.75. The highest BCUT2D eigenvalue weighted by Gasteiger charge is 2.12. The van der Waals surface area contributed by atoms with Crippen LogP contribution in [0, 0.1) is 0 Å². The van der Waals surface area contributed by atoms with Crippen LogP contribution in [0.2, 0.25) is 0 Å². The minimum Gasteiger partial charge on any atom is -0.497 e. The van der Waals surface area contributed by atoms with Gasteiger partial charge in [0.15, 0.2) is 0 Å². The van der Waals surface area contributed by atoms with Gasteiger partial charge in [0.1, 0.15) is 11.5 Å². The van der Waals surface area contributed by atoms with Crippen molar-refractivity contribution in [2.24, 2.45) is 0 Å². The highest BCUT2D eigenvalue weighted by atomic mass is 16.5. The van der Waals surface area contributed by atoms with Gasteiger partial charge in [-0.05, 0) is 30.3 Å². The van der Waals surface area contributed by atoms with Crippen LogP contribution in [-0.2, 0) is 0 Å². The van der Waals surface area contributed by atoms with Crippen molar-refractivity contribution in [2.45, 2.75) is 0 Å². The Labute approximate surface area is 122 Å². The Hall–Kier alpha value is -2.89. The van der Waals surface area contributed by atoms with Gasteiger partial charge in [0.25, 0.3) is 5.91 Å². The summed E-state index contributed by atoms with van der Waals surface area (Å²) < 4.78 is 10.3. The van der Waals surface area contributed by atoms with E-state index >= 15 is 0 Å². The quantitative estimate of drug-likeness (QED) is 0.748. The van der Waals surface area contributed by atoms with Crippen molar-refractivity contribution in [1.82, 2.24) is 0 Å². The van der Waals surface area contributed by atoms with Crippen LogP contribution in [0.4, 0.5) is 17.1 Å². The number of carbonyl (C=O) groups is 1. The standard InChI is InChI=1S/C15H17N3O3/c1-20-12-3-4-14(21-2)13(8-12)18-15(19)9-5-10(16)7-11(17)6-9/h3-8H,16-17H2,1-2H3,(H,18,19). The number of carbonyl (C=O) groups excluding carboxylic acids is 1. The zero-order chi connectivity index (χ0) is 15.4. The number of benzene rings is 2. The zero-order valence-electron chi connectivity index (χ0n) is 11.8. The summed E-state index contributed by atoms with van der Waals surface area (Å²) in [7, 11) is 3.07. The summed E-state index contributed by atoms with van der Waals surface area (Å²) in [4.78, 5) is 12.3. The Balaban J connectivity index is 2.30. The molecule has 0 atom stereocenters. The topological polar surface area (TPSA) is 99.6 Å². The first kappa shape index (κ1) is 14.5. The molecular weight excluding hydrogens is 270 g/mol.